The largest absolute Gasteiger partial charge is 0.372 e. The van der Waals surface area contributed by atoms with Crippen molar-refractivity contribution in [1.82, 2.24) is 5.32 Å². The summed E-state index contributed by atoms with van der Waals surface area (Å²) in [4.78, 5) is 4.78. The molecule has 1 aliphatic rings. The highest BCUT2D eigenvalue weighted by Crippen LogP contribution is 2.30. The molecule has 49 heavy (non-hydrogen) atoms. The van der Waals surface area contributed by atoms with E-state index in [9.17, 15) is 0 Å². The third kappa shape index (κ3) is 9.61. The van der Waals surface area contributed by atoms with E-state index in [4.69, 9.17) is 0 Å². The molecule has 258 valence electrons. The molecule has 4 heteroatoms. The highest BCUT2D eigenvalue weighted by Gasteiger charge is 2.13. The SMILES string of the molecule is CCNC(C)c1ccc(C(=CC=CC(=C2C=CC(=[N+](CC)CC)C=C2)c2ccc(N(CC)CC)cc2)c2ccc(N(CC)CC)cc2)cc1. The van der Waals surface area contributed by atoms with Gasteiger partial charge < -0.3 is 15.1 Å². The Balaban J connectivity index is 1.80. The molecular formula is C45H59N4+. The molecule has 0 spiro atoms. The lowest BCUT2D eigenvalue weighted by Crippen LogP contribution is -2.21. The van der Waals surface area contributed by atoms with Gasteiger partial charge in [-0.25, -0.2) is 4.58 Å². The molecule has 1 atom stereocenters. The van der Waals surface area contributed by atoms with Crippen LogP contribution >= 0.6 is 0 Å². The van der Waals surface area contributed by atoms with Crippen LogP contribution in [0.1, 0.15) is 83.7 Å². The molecule has 1 unspecified atom stereocenters. The fourth-order valence-corrected chi connectivity index (χ4v) is 6.66. The van der Waals surface area contributed by atoms with Gasteiger partial charge in [-0.3, -0.25) is 0 Å². The summed E-state index contributed by atoms with van der Waals surface area (Å²) in [6, 6.07) is 27.5. The second-order valence-electron chi connectivity index (χ2n) is 12.4. The number of anilines is 2. The fourth-order valence-electron chi connectivity index (χ4n) is 6.66. The lowest BCUT2D eigenvalue weighted by atomic mass is 9.93. The summed E-state index contributed by atoms with van der Waals surface area (Å²) >= 11 is 0. The van der Waals surface area contributed by atoms with Crippen molar-refractivity contribution in [3.05, 3.63) is 143 Å². The zero-order chi connectivity index (χ0) is 35.2. The number of benzene rings is 3. The van der Waals surface area contributed by atoms with Gasteiger partial charge in [0, 0.05) is 55.7 Å². The first kappa shape index (κ1) is 37.4. The number of rotatable bonds is 16. The first-order chi connectivity index (χ1) is 23.9. The van der Waals surface area contributed by atoms with Gasteiger partial charge in [0.25, 0.3) is 0 Å². The van der Waals surface area contributed by atoms with E-state index in [1.54, 1.807) is 0 Å². The average Bonchev–Trinajstić information content (AvgIpc) is 3.15. The van der Waals surface area contributed by atoms with E-state index in [2.05, 4.69) is 190 Å². The van der Waals surface area contributed by atoms with Crippen LogP contribution in [0, 0.1) is 0 Å². The molecule has 4 rings (SSSR count). The van der Waals surface area contributed by atoms with E-state index in [-0.39, 0.29) is 0 Å². The molecule has 0 saturated heterocycles. The van der Waals surface area contributed by atoms with Crippen molar-refractivity contribution in [2.24, 2.45) is 0 Å². The Labute approximate surface area is 297 Å². The molecule has 0 heterocycles. The summed E-state index contributed by atoms with van der Waals surface area (Å²) in [6.07, 6.45) is 15.9. The molecule has 3 aromatic carbocycles. The molecule has 0 aromatic heterocycles. The van der Waals surface area contributed by atoms with Gasteiger partial charge in [-0.1, -0.05) is 73.7 Å². The van der Waals surface area contributed by atoms with Crippen LogP contribution in [0.4, 0.5) is 11.4 Å². The molecule has 0 amide bonds. The van der Waals surface area contributed by atoms with Gasteiger partial charge in [-0.2, -0.15) is 0 Å². The molecule has 4 nitrogen and oxygen atoms in total. The maximum Gasteiger partial charge on any atom is 0.199 e. The average molecular weight is 656 g/mol. The van der Waals surface area contributed by atoms with Gasteiger partial charge in [-0.15, -0.1) is 0 Å². The van der Waals surface area contributed by atoms with Crippen molar-refractivity contribution in [3.8, 4) is 0 Å². The highest BCUT2D eigenvalue weighted by molar-refractivity contribution is 6.03. The van der Waals surface area contributed by atoms with Gasteiger partial charge in [-0.05, 0) is 130 Å². The minimum atomic E-state index is 0.318. The number of allylic oxidation sites excluding steroid dienone is 9. The second kappa shape index (κ2) is 19.0. The van der Waals surface area contributed by atoms with Crippen LogP contribution in [-0.2, 0) is 0 Å². The number of hydrogen-bond acceptors (Lipinski definition) is 3. The molecule has 3 aromatic rings. The normalized spacial score (nSPS) is 13.7. The monoisotopic (exact) mass is 655 g/mol. The highest BCUT2D eigenvalue weighted by atomic mass is 15.1. The zero-order valence-electron chi connectivity index (χ0n) is 31.3. The molecule has 0 saturated carbocycles. The minimum Gasteiger partial charge on any atom is -0.372 e. The van der Waals surface area contributed by atoms with E-state index >= 15 is 0 Å². The van der Waals surface area contributed by atoms with Crippen LogP contribution in [0.3, 0.4) is 0 Å². The number of nitrogens with zero attached hydrogens (tertiary/aromatic N) is 3. The van der Waals surface area contributed by atoms with Crippen molar-refractivity contribution in [2.75, 3.05) is 55.6 Å². The van der Waals surface area contributed by atoms with Crippen LogP contribution < -0.4 is 15.1 Å². The van der Waals surface area contributed by atoms with Gasteiger partial charge >= 0.3 is 0 Å². The van der Waals surface area contributed by atoms with Gasteiger partial charge in [0.2, 0.25) is 0 Å². The topological polar surface area (TPSA) is 21.5 Å². The Hall–Kier alpha value is -4.41. The maximum atomic E-state index is 3.54. The van der Waals surface area contributed by atoms with E-state index in [0.717, 1.165) is 45.8 Å². The van der Waals surface area contributed by atoms with E-state index in [1.807, 2.05) is 0 Å². The summed E-state index contributed by atoms with van der Waals surface area (Å²) in [6.45, 7) is 24.6. The summed E-state index contributed by atoms with van der Waals surface area (Å²) in [5.74, 6) is 0. The van der Waals surface area contributed by atoms with Crippen LogP contribution in [-0.4, -0.2) is 56.1 Å². The van der Waals surface area contributed by atoms with Crippen molar-refractivity contribution in [2.45, 2.75) is 61.4 Å². The van der Waals surface area contributed by atoms with Crippen molar-refractivity contribution in [3.63, 3.8) is 0 Å². The number of nitrogens with one attached hydrogen (secondary N) is 1. The van der Waals surface area contributed by atoms with Crippen molar-refractivity contribution in [1.29, 1.82) is 0 Å². The molecule has 1 N–H and O–H groups in total. The zero-order valence-corrected chi connectivity index (χ0v) is 31.3. The molecule has 1 aliphatic carbocycles. The molecule has 0 bridgehead atoms. The first-order valence-corrected chi connectivity index (χ1v) is 18.6. The lowest BCUT2D eigenvalue weighted by molar-refractivity contribution is -0.519. The maximum absolute atomic E-state index is 3.54. The van der Waals surface area contributed by atoms with Crippen molar-refractivity contribution >= 4 is 28.2 Å². The van der Waals surface area contributed by atoms with Crippen LogP contribution in [0.15, 0.2) is 121 Å². The predicted molar refractivity (Wildman–Crippen MR) is 216 cm³/mol. The molecule has 0 radical (unpaired) electrons. The number of hydrogen-bond donors (Lipinski definition) is 1. The summed E-state index contributed by atoms with van der Waals surface area (Å²) in [5, 5.41) is 3.54. The Morgan fingerprint density at radius 1 is 0.633 bits per heavy atom. The van der Waals surface area contributed by atoms with Crippen molar-refractivity contribution < 1.29 is 4.58 Å². The fraction of sp³-hybridized carbons (Fsp3) is 0.356. The Bertz CT molecular complexity index is 1630. The summed E-state index contributed by atoms with van der Waals surface area (Å²) < 4.78 is 2.39. The molecule has 0 aliphatic heterocycles. The predicted octanol–water partition coefficient (Wildman–Crippen LogP) is 10.1. The van der Waals surface area contributed by atoms with Gasteiger partial charge in [0.15, 0.2) is 5.71 Å². The van der Waals surface area contributed by atoms with Crippen LogP contribution in [0.5, 0.6) is 0 Å². The van der Waals surface area contributed by atoms with E-state index in [1.165, 1.54) is 56.1 Å². The summed E-state index contributed by atoms with van der Waals surface area (Å²) in [5.41, 5.74) is 12.3. The Morgan fingerprint density at radius 2 is 1.10 bits per heavy atom. The smallest absolute Gasteiger partial charge is 0.199 e. The quantitative estimate of drug-likeness (QED) is 0.123. The third-order valence-corrected chi connectivity index (χ3v) is 9.68. The van der Waals surface area contributed by atoms with Crippen LogP contribution in [0.25, 0.3) is 11.1 Å². The van der Waals surface area contributed by atoms with E-state index in [0.29, 0.717) is 6.04 Å². The van der Waals surface area contributed by atoms with Crippen LogP contribution in [0.2, 0.25) is 0 Å². The molecular weight excluding hydrogens is 597 g/mol. The summed E-state index contributed by atoms with van der Waals surface area (Å²) in [7, 11) is 0. The Morgan fingerprint density at radius 3 is 1.55 bits per heavy atom. The third-order valence-electron chi connectivity index (χ3n) is 9.68. The van der Waals surface area contributed by atoms with Gasteiger partial charge in [0.1, 0.15) is 13.1 Å². The van der Waals surface area contributed by atoms with Gasteiger partial charge in [0.05, 0.1) is 0 Å². The Kier molecular flexibility index (Phi) is 14.5. The minimum absolute atomic E-state index is 0.318. The second-order valence-corrected chi connectivity index (χ2v) is 12.4. The lowest BCUT2D eigenvalue weighted by Gasteiger charge is -2.21. The van der Waals surface area contributed by atoms with E-state index < -0.39 is 0 Å². The first-order valence-electron chi connectivity index (χ1n) is 18.6. The molecule has 0 fully saturated rings. The standard InChI is InChI=1S/C45H59N4/c1-9-46-35(8)36-19-21-37(22-20-36)44(38-23-29-41(30-24-38)47(10-2)11-3)17-16-18-45(39-25-31-42(32-26-39)48(12-4)13-5)40-27-33-43(34-28-40)49(14-6)15-7/h16-35,46H,9-15H2,1-8H3/q+1.